The van der Waals surface area contributed by atoms with Crippen LogP contribution in [0.4, 0.5) is 0 Å². The molecular weight excluding hydrogens is 550 g/mol. The molecule has 2 aliphatic heterocycles. The molecule has 0 aromatic heterocycles. The van der Waals surface area contributed by atoms with Crippen LogP contribution in [0.1, 0.15) is 74.1 Å². The second-order valence-electron chi connectivity index (χ2n) is 9.95. The second kappa shape index (κ2) is 27.0. The highest BCUT2D eigenvalue weighted by molar-refractivity contribution is 8.15. The lowest BCUT2D eigenvalue weighted by molar-refractivity contribution is -0.117. The van der Waals surface area contributed by atoms with E-state index >= 15 is 0 Å². The van der Waals surface area contributed by atoms with Crippen molar-refractivity contribution >= 4 is 28.7 Å². The summed E-state index contributed by atoms with van der Waals surface area (Å²) in [5.41, 5.74) is 8.91. The van der Waals surface area contributed by atoms with Crippen molar-refractivity contribution in [3.63, 3.8) is 0 Å². The first-order valence-corrected chi connectivity index (χ1v) is 15.6. The van der Waals surface area contributed by atoms with Gasteiger partial charge in [0.15, 0.2) is 5.17 Å². The minimum absolute atomic E-state index is 0.0185. The topological polar surface area (TPSA) is 104 Å². The van der Waals surface area contributed by atoms with Crippen LogP contribution in [0, 0.1) is 17.2 Å². The first-order valence-electron chi connectivity index (χ1n) is 14.7. The number of carbonyl (C=O) groups excluding carboxylic acids is 1. The molecule has 1 unspecified atom stereocenters. The minimum Gasteiger partial charge on any atom is -0.378 e. The van der Waals surface area contributed by atoms with Gasteiger partial charge in [-0.3, -0.25) is 9.79 Å². The van der Waals surface area contributed by atoms with E-state index in [1.54, 1.807) is 24.4 Å². The molecule has 2 aliphatic rings. The molecule has 1 amide bonds. The second-order valence-corrected chi connectivity index (χ2v) is 11.2. The van der Waals surface area contributed by atoms with Crippen LogP contribution in [0.3, 0.4) is 0 Å². The van der Waals surface area contributed by atoms with E-state index in [-0.39, 0.29) is 11.2 Å². The van der Waals surface area contributed by atoms with E-state index in [4.69, 9.17) is 11.0 Å². The standard InChI is InChI=1S/C17H19N3.C8H12.C7H12N2OS.C4H10/c1-4-14(2)9-10-15(3)17-19-11-5-7-16(13-18)8-6-12-20-17;1-4-5-6-7-8(2)3;1-4(2)3-5-6(10)9-7(8)11-5;1-3-4-2/h5-11H,2-4,12H2,1H3,(H,19,20);4-7H,2H2,1,3H3;4-5H,3H2,1-2H3,(H2,8,9,10);3-4H2,1-2H3/b8-6+,10-9-,11-5+,16-7+;5-4-,7-6-;;. The summed E-state index contributed by atoms with van der Waals surface area (Å²) < 4.78 is 0. The van der Waals surface area contributed by atoms with Crippen molar-refractivity contribution in [2.45, 2.75) is 79.4 Å². The van der Waals surface area contributed by atoms with Gasteiger partial charge in [0.25, 0.3) is 5.91 Å². The number of hydrogen-bond acceptors (Lipinski definition) is 6. The van der Waals surface area contributed by atoms with Gasteiger partial charge in [-0.2, -0.15) is 10.3 Å². The first-order chi connectivity index (χ1) is 20.4. The molecule has 3 N–H and O–H groups in total. The Labute approximate surface area is 266 Å². The van der Waals surface area contributed by atoms with Gasteiger partial charge in [0.05, 0.1) is 23.4 Å². The lowest BCUT2D eigenvalue weighted by atomic mass is 10.1. The van der Waals surface area contributed by atoms with Gasteiger partial charge < -0.3 is 11.1 Å². The Balaban J connectivity index is 0. The molecule has 6 nitrogen and oxygen atoms in total. The third kappa shape index (κ3) is 24.4. The van der Waals surface area contributed by atoms with Crippen molar-refractivity contribution in [1.29, 1.82) is 5.26 Å². The fourth-order valence-electron chi connectivity index (χ4n) is 2.70. The number of nitriles is 1. The molecule has 0 saturated carbocycles. The van der Waals surface area contributed by atoms with Crippen LogP contribution < -0.4 is 11.1 Å². The maximum atomic E-state index is 11.0. The molecular formula is C36H53N5OS. The Bertz CT molecular complexity index is 1170. The molecule has 0 spiro atoms. The maximum Gasteiger partial charge on any atom is 0.261 e. The number of nitrogens with two attached hydrogens (primary N) is 1. The van der Waals surface area contributed by atoms with Crippen LogP contribution in [0.2, 0.25) is 0 Å². The van der Waals surface area contributed by atoms with Crippen LogP contribution in [-0.4, -0.2) is 28.7 Å². The van der Waals surface area contributed by atoms with E-state index in [9.17, 15) is 4.79 Å². The Kier molecular flexibility index (Phi) is 25.9. The molecule has 1 atom stereocenters. The summed E-state index contributed by atoms with van der Waals surface area (Å²) in [5.74, 6) is 1.17. The molecule has 43 heavy (non-hydrogen) atoms. The summed E-state index contributed by atoms with van der Waals surface area (Å²) in [6, 6.07) is 2.10. The summed E-state index contributed by atoms with van der Waals surface area (Å²) in [6.07, 6.45) is 25.0. The number of nitrogens with zero attached hydrogens (tertiary/aromatic N) is 3. The number of rotatable bonds is 9. The molecule has 2 heterocycles. The predicted octanol–water partition coefficient (Wildman–Crippen LogP) is 9.08. The average molecular weight is 604 g/mol. The summed E-state index contributed by atoms with van der Waals surface area (Å²) in [5, 5.41) is 12.3. The summed E-state index contributed by atoms with van der Waals surface area (Å²) in [4.78, 5) is 19.1. The summed E-state index contributed by atoms with van der Waals surface area (Å²) in [7, 11) is 0. The lowest BCUT2D eigenvalue weighted by Gasteiger charge is -2.07. The van der Waals surface area contributed by atoms with Crippen molar-refractivity contribution in [2.24, 2.45) is 21.6 Å². The highest BCUT2D eigenvalue weighted by Crippen LogP contribution is 2.25. The largest absolute Gasteiger partial charge is 0.378 e. The maximum absolute atomic E-state index is 11.0. The van der Waals surface area contributed by atoms with Gasteiger partial charge in [-0.1, -0.05) is 133 Å². The van der Waals surface area contributed by atoms with E-state index in [2.05, 4.69) is 75.7 Å². The molecule has 0 saturated heterocycles. The van der Waals surface area contributed by atoms with E-state index < -0.39 is 0 Å². The number of thioether (sulfide) groups is 1. The zero-order chi connectivity index (χ0) is 33.0. The predicted molar refractivity (Wildman–Crippen MR) is 192 cm³/mol. The van der Waals surface area contributed by atoms with Crippen molar-refractivity contribution in [1.82, 2.24) is 5.32 Å². The number of unbranched alkanes of at least 4 members (excludes halogenated alkanes) is 1. The Morgan fingerprint density at radius 1 is 1.19 bits per heavy atom. The van der Waals surface area contributed by atoms with E-state index in [0.717, 1.165) is 29.6 Å². The van der Waals surface area contributed by atoms with Crippen molar-refractivity contribution in [3.8, 4) is 6.07 Å². The van der Waals surface area contributed by atoms with E-state index in [1.807, 2.05) is 56.4 Å². The van der Waals surface area contributed by atoms with Gasteiger partial charge in [-0.05, 0) is 50.8 Å². The molecule has 2 rings (SSSR count). The number of hydrogen-bond donors (Lipinski definition) is 2. The fourth-order valence-corrected chi connectivity index (χ4v) is 3.77. The fraction of sp³-hybridized carbons (Fsp3) is 0.389. The average Bonchev–Trinajstić information content (AvgIpc) is 3.29. The van der Waals surface area contributed by atoms with Crippen LogP contribution in [0.25, 0.3) is 0 Å². The molecule has 0 fully saturated rings. The normalized spacial score (nSPS) is 18.7. The van der Waals surface area contributed by atoms with Crippen LogP contribution in [0.15, 0.2) is 119 Å². The lowest BCUT2D eigenvalue weighted by Crippen LogP contribution is -2.19. The zero-order valence-corrected chi connectivity index (χ0v) is 28.2. The smallest absolute Gasteiger partial charge is 0.261 e. The number of amides is 1. The monoisotopic (exact) mass is 603 g/mol. The van der Waals surface area contributed by atoms with Gasteiger partial charge in [0.1, 0.15) is 5.84 Å². The molecule has 0 aromatic rings. The molecule has 0 aliphatic carbocycles. The molecule has 0 radical (unpaired) electrons. The Hall–Kier alpha value is -3.89. The van der Waals surface area contributed by atoms with Gasteiger partial charge in [-0.15, -0.1) is 0 Å². The Morgan fingerprint density at radius 2 is 1.86 bits per heavy atom. The van der Waals surface area contributed by atoms with E-state index in [0.29, 0.717) is 29.0 Å². The molecule has 0 bridgehead atoms. The number of carbonyl (C=O) groups is 1. The summed E-state index contributed by atoms with van der Waals surface area (Å²) in [6.45, 7) is 26.7. The minimum atomic E-state index is -0.0683. The number of allylic oxidation sites excluding steroid dienone is 11. The van der Waals surface area contributed by atoms with E-state index in [1.165, 1.54) is 24.6 Å². The highest BCUT2D eigenvalue weighted by Gasteiger charge is 2.27. The third-order valence-electron chi connectivity index (χ3n) is 5.28. The molecule has 234 valence electrons. The Morgan fingerprint density at radius 3 is 2.35 bits per heavy atom. The number of nitrogens with one attached hydrogen (secondary N) is 1. The number of amidine groups is 2. The van der Waals surface area contributed by atoms with Gasteiger partial charge >= 0.3 is 0 Å². The third-order valence-corrected chi connectivity index (χ3v) is 6.29. The van der Waals surface area contributed by atoms with Crippen LogP contribution in [0.5, 0.6) is 0 Å². The van der Waals surface area contributed by atoms with Crippen molar-refractivity contribution < 1.29 is 4.79 Å². The van der Waals surface area contributed by atoms with Crippen molar-refractivity contribution in [3.05, 3.63) is 109 Å². The number of aliphatic imine (C=N–C) groups is 2. The summed E-state index contributed by atoms with van der Waals surface area (Å²) >= 11 is 1.38. The van der Waals surface area contributed by atoms with Gasteiger partial charge in [0, 0.05) is 11.8 Å². The quantitative estimate of drug-likeness (QED) is 0.256. The SMILES string of the molecule is C=C(/C=C\C(=C)C1=NC/C=C/C(C#N)=C\C=C\N1)CC.C=C(C)/C=C\C=C/C.CC(C)CC1SC(N)=NC1=O.CCCC. The highest BCUT2D eigenvalue weighted by atomic mass is 32.2. The van der Waals surface area contributed by atoms with Crippen molar-refractivity contribution in [2.75, 3.05) is 6.54 Å². The molecule has 7 heteroatoms. The van der Waals surface area contributed by atoms with Gasteiger partial charge in [-0.25, -0.2) is 0 Å². The van der Waals surface area contributed by atoms with Gasteiger partial charge in [0.2, 0.25) is 0 Å². The van der Waals surface area contributed by atoms with Crippen LogP contribution >= 0.6 is 11.8 Å². The molecule has 0 aromatic carbocycles. The van der Waals surface area contributed by atoms with Crippen LogP contribution in [-0.2, 0) is 4.79 Å². The zero-order valence-electron chi connectivity index (χ0n) is 27.4. The first kappa shape index (κ1) is 41.2.